The van der Waals surface area contributed by atoms with Crippen molar-refractivity contribution in [3.8, 4) is 0 Å². The highest BCUT2D eigenvalue weighted by atomic mass is 16.5. The second-order valence-electron chi connectivity index (χ2n) is 6.23. The van der Waals surface area contributed by atoms with Crippen molar-refractivity contribution in [3.63, 3.8) is 0 Å². The average Bonchev–Trinajstić information content (AvgIpc) is 2.39. The minimum atomic E-state index is -0.324. The molecule has 1 aromatic rings. The van der Waals surface area contributed by atoms with E-state index in [1.165, 1.54) is 6.42 Å². The predicted molar refractivity (Wildman–Crippen MR) is 81.9 cm³/mol. The molecule has 1 unspecified atom stereocenters. The molecule has 1 atom stereocenters. The van der Waals surface area contributed by atoms with Gasteiger partial charge >= 0.3 is 0 Å². The first-order valence-corrected chi connectivity index (χ1v) is 7.80. The number of nitrogens with one attached hydrogen (secondary N) is 1. The van der Waals surface area contributed by atoms with Gasteiger partial charge in [0.1, 0.15) is 11.4 Å². The Kier molecular flexibility index (Phi) is 4.97. The van der Waals surface area contributed by atoms with Crippen LogP contribution in [0.15, 0.2) is 6.07 Å². The lowest BCUT2D eigenvalue weighted by molar-refractivity contribution is -0.0761. The van der Waals surface area contributed by atoms with E-state index in [1.54, 1.807) is 0 Å². The van der Waals surface area contributed by atoms with Crippen LogP contribution in [-0.4, -0.2) is 23.1 Å². The van der Waals surface area contributed by atoms with Crippen molar-refractivity contribution in [1.82, 2.24) is 9.97 Å². The Morgan fingerprint density at radius 1 is 1.35 bits per heavy atom. The summed E-state index contributed by atoms with van der Waals surface area (Å²) >= 11 is 0. The first-order valence-electron chi connectivity index (χ1n) is 7.80. The highest BCUT2D eigenvalue weighted by molar-refractivity contribution is 5.37. The van der Waals surface area contributed by atoms with Gasteiger partial charge in [-0.25, -0.2) is 9.97 Å². The van der Waals surface area contributed by atoms with Crippen LogP contribution in [0.5, 0.6) is 0 Å². The van der Waals surface area contributed by atoms with Crippen LogP contribution in [-0.2, 0) is 16.8 Å². The van der Waals surface area contributed by atoms with Gasteiger partial charge in [-0.1, -0.05) is 13.8 Å². The predicted octanol–water partition coefficient (Wildman–Crippen LogP) is 3.52. The van der Waals surface area contributed by atoms with Gasteiger partial charge in [-0.3, -0.25) is 0 Å². The summed E-state index contributed by atoms with van der Waals surface area (Å²) in [4.78, 5) is 9.45. The molecule has 0 radical (unpaired) electrons. The van der Waals surface area contributed by atoms with Crippen molar-refractivity contribution in [2.24, 2.45) is 5.92 Å². The third-order valence-electron chi connectivity index (χ3n) is 3.70. The topological polar surface area (TPSA) is 47.0 Å². The summed E-state index contributed by atoms with van der Waals surface area (Å²) in [6.07, 6.45) is 4.31. The molecule has 1 aliphatic heterocycles. The van der Waals surface area contributed by atoms with Crippen molar-refractivity contribution in [1.29, 1.82) is 0 Å². The minimum absolute atomic E-state index is 0.324. The number of hydrogen-bond acceptors (Lipinski definition) is 4. The minimum Gasteiger partial charge on any atom is -0.370 e. The Labute approximate surface area is 122 Å². The molecule has 0 bridgehead atoms. The van der Waals surface area contributed by atoms with Crippen LogP contribution in [0.4, 0.5) is 5.82 Å². The maximum atomic E-state index is 5.99. The zero-order valence-electron chi connectivity index (χ0n) is 13.2. The Morgan fingerprint density at radius 2 is 2.15 bits per heavy atom. The van der Waals surface area contributed by atoms with Crippen LogP contribution < -0.4 is 5.32 Å². The molecule has 112 valence electrons. The van der Waals surface area contributed by atoms with Gasteiger partial charge in [0, 0.05) is 24.9 Å². The molecule has 1 N–H and O–H groups in total. The molecule has 0 spiro atoms. The van der Waals surface area contributed by atoms with Crippen LogP contribution >= 0.6 is 0 Å². The Bertz CT molecular complexity index is 439. The summed E-state index contributed by atoms with van der Waals surface area (Å²) in [5.74, 6) is 2.35. The fourth-order valence-corrected chi connectivity index (χ4v) is 2.64. The first kappa shape index (κ1) is 15.2. The maximum Gasteiger partial charge on any atom is 0.162 e. The lowest BCUT2D eigenvalue weighted by Gasteiger charge is -2.32. The lowest BCUT2D eigenvalue weighted by Crippen LogP contribution is -2.33. The second-order valence-corrected chi connectivity index (χ2v) is 6.23. The molecule has 4 nitrogen and oxygen atoms in total. The fourth-order valence-electron chi connectivity index (χ4n) is 2.64. The van der Waals surface area contributed by atoms with Gasteiger partial charge in [0.25, 0.3) is 0 Å². The molecule has 2 heterocycles. The van der Waals surface area contributed by atoms with E-state index in [0.29, 0.717) is 5.92 Å². The number of ether oxygens (including phenoxy) is 1. The van der Waals surface area contributed by atoms with Crippen molar-refractivity contribution in [2.45, 2.75) is 59.0 Å². The Morgan fingerprint density at radius 3 is 2.75 bits per heavy atom. The van der Waals surface area contributed by atoms with Crippen LogP contribution in [0.25, 0.3) is 0 Å². The number of aromatic nitrogens is 2. The zero-order valence-corrected chi connectivity index (χ0v) is 13.2. The smallest absolute Gasteiger partial charge is 0.162 e. The van der Waals surface area contributed by atoms with E-state index >= 15 is 0 Å². The molecule has 0 aliphatic carbocycles. The SMILES string of the molecule is CCNc1cc(CC(C)C)nc(C2(C)CCCCO2)n1. The van der Waals surface area contributed by atoms with Crippen LogP contribution in [0.2, 0.25) is 0 Å². The van der Waals surface area contributed by atoms with E-state index in [4.69, 9.17) is 9.72 Å². The standard InChI is InChI=1S/C16H27N3O/c1-5-17-14-11-13(10-12(2)3)18-15(19-14)16(4)8-6-7-9-20-16/h11-12H,5-10H2,1-4H3,(H,17,18,19). The molecule has 1 aromatic heterocycles. The third kappa shape index (κ3) is 3.69. The molecule has 20 heavy (non-hydrogen) atoms. The van der Waals surface area contributed by atoms with Crippen molar-refractivity contribution >= 4 is 5.82 Å². The van der Waals surface area contributed by atoms with Crippen LogP contribution in [0.1, 0.15) is 58.5 Å². The van der Waals surface area contributed by atoms with Gasteiger partial charge in [0.15, 0.2) is 5.82 Å². The summed E-state index contributed by atoms with van der Waals surface area (Å²) in [7, 11) is 0. The van der Waals surface area contributed by atoms with Gasteiger partial charge in [-0.15, -0.1) is 0 Å². The number of nitrogens with zero attached hydrogens (tertiary/aromatic N) is 2. The molecule has 0 saturated carbocycles. The molecule has 0 aromatic carbocycles. The molecule has 1 aliphatic rings. The van der Waals surface area contributed by atoms with E-state index in [9.17, 15) is 0 Å². The molecule has 4 heteroatoms. The average molecular weight is 277 g/mol. The Hall–Kier alpha value is -1.16. The summed E-state index contributed by atoms with van der Waals surface area (Å²) in [6.45, 7) is 10.3. The van der Waals surface area contributed by atoms with Crippen LogP contribution in [0.3, 0.4) is 0 Å². The first-order chi connectivity index (χ1) is 9.53. The highest BCUT2D eigenvalue weighted by Gasteiger charge is 2.33. The number of anilines is 1. The quantitative estimate of drug-likeness (QED) is 0.894. The zero-order chi connectivity index (χ0) is 14.6. The molecular weight excluding hydrogens is 250 g/mol. The summed E-state index contributed by atoms with van der Waals surface area (Å²) in [6, 6.07) is 2.07. The molecule has 0 amide bonds. The lowest BCUT2D eigenvalue weighted by atomic mass is 9.94. The van der Waals surface area contributed by atoms with Gasteiger partial charge in [-0.2, -0.15) is 0 Å². The van der Waals surface area contributed by atoms with Gasteiger partial charge in [-0.05, 0) is 45.4 Å². The van der Waals surface area contributed by atoms with Gasteiger partial charge < -0.3 is 10.1 Å². The van der Waals surface area contributed by atoms with Crippen molar-refractivity contribution in [2.75, 3.05) is 18.5 Å². The monoisotopic (exact) mass is 277 g/mol. The van der Waals surface area contributed by atoms with Gasteiger partial charge in [0.2, 0.25) is 0 Å². The summed E-state index contributed by atoms with van der Waals surface area (Å²) in [5.41, 5.74) is 0.784. The van der Waals surface area contributed by atoms with E-state index < -0.39 is 0 Å². The molecular formula is C16H27N3O. The third-order valence-corrected chi connectivity index (χ3v) is 3.70. The molecule has 1 fully saturated rings. The second kappa shape index (κ2) is 6.53. The fraction of sp³-hybridized carbons (Fsp3) is 0.750. The Balaban J connectivity index is 2.32. The molecule has 2 rings (SSSR count). The normalized spacial score (nSPS) is 23.1. The van der Waals surface area contributed by atoms with Gasteiger partial charge in [0.05, 0.1) is 0 Å². The van der Waals surface area contributed by atoms with E-state index in [0.717, 1.165) is 49.8 Å². The van der Waals surface area contributed by atoms with Crippen molar-refractivity contribution < 1.29 is 4.74 Å². The maximum absolute atomic E-state index is 5.99. The summed E-state index contributed by atoms with van der Waals surface area (Å²) in [5, 5.41) is 3.31. The highest BCUT2D eigenvalue weighted by Crippen LogP contribution is 2.33. The summed E-state index contributed by atoms with van der Waals surface area (Å²) < 4.78 is 5.99. The van der Waals surface area contributed by atoms with E-state index in [2.05, 4.69) is 44.1 Å². The number of rotatable bonds is 5. The van der Waals surface area contributed by atoms with E-state index in [-0.39, 0.29) is 5.60 Å². The molecule has 1 saturated heterocycles. The largest absolute Gasteiger partial charge is 0.370 e. The van der Waals surface area contributed by atoms with E-state index in [1.807, 2.05) is 0 Å². The number of hydrogen-bond donors (Lipinski definition) is 1. The van der Waals surface area contributed by atoms with Crippen LogP contribution in [0, 0.1) is 5.92 Å². The van der Waals surface area contributed by atoms with Crippen molar-refractivity contribution in [3.05, 3.63) is 17.6 Å².